The number of hydrogen-bond donors (Lipinski definition) is 1. The summed E-state index contributed by atoms with van der Waals surface area (Å²) in [6.07, 6.45) is 1.08. The molecule has 0 saturated heterocycles. The Morgan fingerprint density at radius 1 is 1.25 bits per heavy atom. The number of rotatable bonds is 9. The smallest absolute Gasteiger partial charge is 0.0634 e. The molecule has 98 valence electrons. The summed E-state index contributed by atoms with van der Waals surface area (Å²) in [7, 11) is 1.79. The fraction of sp³-hybridized carbons (Fsp3) is 1.00. The molecule has 0 aromatic heterocycles. The number of likely N-dealkylation sites (N-methyl/N-ethyl adjacent to an activating group) is 1. The van der Waals surface area contributed by atoms with E-state index in [0.717, 1.165) is 32.6 Å². The lowest BCUT2D eigenvalue weighted by Gasteiger charge is -2.28. The minimum Gasteiger partial charge on any atom is -0.379 e. The molecule has 0 aliphatic carbocycles. The van der Waals surface area contributed by atoms with E-state index in [9.17, 15) is 0 Å². The Morgan fingerprint density at radius 2 is 1.88 bits per heavy atom. The van der Waals surface area contributed by atoms with Gasteiger partial charge in [-0.15, -0.1) is 0 Å². The highest BCUT2D eigenvalue weighted by molar-refractivity contribution is 4.71. The molecule has 3 nitrogen and oxygen atoms in total. The van der Waals surface area contributed by atoms with Gasteiger partial charge < -0.3 is 15.0 Å². The molecule has 0 radical (unpaired) electrons. The third-order valence-corrected chi connectivity index (χ3v) is 3.01. The number of nitrogens with one attached hydrogen (secondary N) is 1. The average molecular weight is 230 g/mol. The van der Waals surface area contributed by atoms with Gasteiger partial charge in [0, 0.05) is 32.8 Å². The topological polar surface area (TPSA) is 24.5 Å². The maximum absolute atomic E-state index is 5.43. The number of methoxy groups -OCH3 is 1. The van der Waals surface area contributed by atoms with Gasteiger partial charge in [0.05, 0.1) is 5.60 Å². The maximum Gasteiger partial charge on any atom is 0.0634 e. The van der Waals surface area contributed by atoms with Crippen molar-refractivity contribution in [3.63, 3.8) is 0 Å². The molecule has 0 aliphatic rings. The molecule has 0 amide bonds. The Morgan fingerprint density at radius 3 is 2.31 bits per heavy atom. The standard InChI is InChI=1S/C13H30N2O/c1-7-15(11-9-14-12(2)3)10-8-13(4,5)16-6/h12,14H,7-11H2,1-6H3. The molecule has 0 unspecified atom stereocenters. The number of ether oxygens (including phenoxy) is 1. The summed E-state index contributed by atoms with van der Waals surface area (Å²) < 4.78 is 5.43. The highest BCUT2D eigenvalue weighted by atomic mass is 16.5. The molecule has 0 aromatic rings. The lowest BCUT2D eigenvalue weighted by molar-refractivity contribution is 0.00783. The predicted molar refractivity (Wildman–Crippen MR) is 71.0 cm³/mol. The molecule has 0 rings (SSSR count). The van der Waals surface area contributed by atoms with E-state index in [0.29, 0.717) is 6.04 Å². The third-order valence-electron chi connectivity index (χ3n) is 3.01. The molecule has 0 aromatic carbocycles. The van der Waals surface area contributed by atoms with E-state index in [-0.39, 0.29) is 5.60 Å². The number of hydrogen-bond acceptors (Lipinski definition) is 3. The van der Waals surface area contributed by atoms with Crippen LogP contribution in [-0.4, -0.2) is 49.8 Å². The first-order valence-electron chi connectivity index (χ1n) is 6.42. The normalized spacial score (nSPS) is 12.8. The van der Waals surface area contributed by atoms with Crippen molar-refractivity contribution in [2.24, 2.45) is 0 Å². The first-order valence-corrected chi connectivity index (χ1v) is 6.42. The summed E-state index contributed by atoms with van der Waals surface area (Å²) in [6, 6.07) is 0.578. The molecule has 0 spiro atoms. The fourth-order valence-electron chi connectivity index (χ4n) is 1.47. The van der Waals surface area contributed by atoms with Gasteiger partial charge in [-0.25, -0.2) is 0 Å². The van der Waals surface area contributed by atoms with Crippen LogP contribution in [0.5, 0.6) is 0 Å². The van der Waals surface area contributed by atoms with Crippen LogP contribution in [0.2, 0.25) is 0 Å². The van der Waals surface area contributed by atoms with Crippen molar-refractivity contribution >= 4 is 0 Å². The SMILES string of the molecule is CCN(CCNC(C)C)CCC(C)(C)OC. The average Bonchev–Trinajstić information content (AvgIpc) is 2.22. The van der Waals surface area contributed by atoms with E-state index in [2.05, 4.69) is 44.8 Å². The van der Waals surface area contributed by atoms with E-state index in [1.165, 1.54) is 0 Å². The molecule has 0 aliphatic heterocycles. The monoisotopic (exact) mass is 230 g/mol. The Labute approximate surface area is 102 Å². The highest BCUT2D eigenvalue weighted by Gasteiger charge is 2.17. The molecule has 0 saturated carbocycles. The van der Waals surface area contributed by atoms with Crippen molar-refractivity contribution < 1.29 is 4.74 Å². The zero-order valence-corrected chi connectivity index (χ0v) is 12.0. The van der Waals surface area contributed by atoms with Crippen LogP contribution in [0.3, 0.4) is 0 Å². The molecule has 0 heterocycles. The fourth-order valence-corrected chi connectivity index (χ4v) is 1.47. The Bertz CT molecular complexity index is 169. The van der Waals surface area contributed by atoms with Gasteiger partial charge in [0.15, 0.2) is 0 Å². The van der Waals surface area contributed by atoms with E-state index < -0.39 is 0 Å². The second kappa shape index (κ2) is 8.04. The summed E-state index contributed by atoms with van der Waals surface area (Å²) in [5.41, 5.74) is -0.00109. The van der Waals surface area contributed by atoms with Crippen LogP contribution >= 0.6 is 0 Å². The summed E-state index contributed by atoms with van der Waals surface area (Å²) in [4.78, 5) is 2.47. The van der Waals surface area contributed by atoms with Crippen molar-refractivity contribution in [1.82, 2.24) is 10.2 Å². The molecule has 3 heteroatoms. The zero-order valence-electron chi connectivity index (χ0n) is 12.0. The van der Waals surface area contributed by atoms with Crippen LogP contribution in [0.15, 0.2) is 0 Å². The molecular weight excluding hydrogens is 200 g/mol. The van der Waals surface area contributed by atoms with E-state index >= 15 is 0 Å². The summed E-state index contributed by atoms with van der Waals surface area (Å²) in [6.45, 7) is 15.3. The zero-order chi connectivity index (χ0) is 12.6. The first-order chi connectivity index (χ1) is 7.41. The van der Waals surface area contributed by atoms with Crippen molar-refractivity contribution in [2.45, 2.75) is 52.7 Å². The van der Waals surface area contributed by atoms with Crippen LogP contribution in [0.1, 0.15) is 41.0 Å². The van der Waals surface area contributed by atoms with Gasteiger partial charge in [0.2, 0.25) is 0 Å². The second-order valence-corrected chi connectivity index (χ2v) is 5.26. The first kappa shape index (κ1) is 15.9. The summed E-state index contributed by atoms with van der Waals surface area (Å²) >= 11 is 0. The van der Waals surface area contributed by atoms with Gasteiger partial charge in [-0.2, -0.15) is 0 Å². The van der Waals surface area contributed by atoms with Gasteiger partial charge in [-0.3, -0.25) is 0 Å². The largest absolute Gasteiger partial charge is 0.379 e. The van der Waals surface area contributed by atoms with Gasteiger partial charge in [0.25, 0.3) is 0 Å². The minimum atomic E-state index is -0.00109. The van der Waals surface area contributed by atoms with Crippen molar-refractivity contribution in [1.29, 1.82) is 0 Å². The quantitative estimate of drug-likeness (QED) is 0.656. The third kappa shape index (κ3) is 8.08. The van der Waals surface area contributed by atoms with Crippen LogP contribution in [-0.2, 0) is 4.74 Å². The Balaban J connectivity index is 3.75. The molecular formula is C13H30N2O. The highest BCUT2D eigenvalue weighted by Crippen LogP contribution is 2.13. The predicted octanol–water partition coefficient (Wildman–Crippen LogP) is 2.12. The van der Waals surface area contributed by atoms with Gasteiger partial charge in [-0.05, 0) is 26.8 Å². The summed E-state index contributed by atoms with van der Waals surface area (Å²) in [5.74, 6) is 0. The van der Waals surface area contributed by atoms with Crippen LogP contribution in [0, 0.1) is 0 Å². The summed E-state index contributed by atoms with van der Waals surface area (Å²) in [5, 5.41) is 3.45. The lowest BCUT2D eigenvalue weighted by Crippen LogP contribution is -2.37. The molecule has 16 heavy (non-hydrogen) atoms. The van der Waals surface area contributed by atoms with Gasteiger partial charge >= 0.3 is 0 Å². The Kier molecular flexibility index (Phi) is 7.98. The van der Waals surface area contributed by atoms with Gasteiger partial charge in [-0.1, -0.05) is 20.8 Å². The molecule has 0 bridgehead atoms. The van der Waals surface area contributed by atoms with E-state index in [1.54, 1.807) is 7.11 Å². The van der Waals surface area contributed by atoms with Crippen molar-refractivity contribution in [3.8, 4) is 0 Å². The maximum atomic E-state index is 5.43. The van der Waals surface area contributed by atoms with Crippen molar-refractivity contribution in [2.75, 3.05) is 33.3 Å². The lowest BCUT2D eigenvalue weighted by atomic mass is 10.1. The van der Waals surface area contributed by atoms with Crippen LogP contribution < -0.4 is 5.32 Å². The molecule has 0 fully saturated rings. The Hall–Kier alpha value is -0.120. The minimum absolute atomic E-state index is 0.00109. The van der Waals surface area contributed by atoms with Crippen LogP contribution in [0.4, 0.5) is 0 Å². The number of nitrogens with zero attached hydrogens (tertiary/aromatic N) is 1. The van der Waals surface area contributed by atoms with E-state index in [4.69, 9.17) is 4.74 Å². The van der Waals surface area contributed by atoms with Gasteiger partial charge in [0.1, 0.15) is 0 Å². The van der Waals surface area contributed by atoms with Crippen LogP contribution in [0.25, 0.3) is 0 Å². The second-order valence-electron chi connectivity index (χ2n) is 5.26. The van der Waals surface area contributed by atoms with Crippen molar-refractivity contribution in [3.05, 3.63) is 0 Å². The van der Waals surface area contributed by atoms with E-state index in [1.807, 2.05) is 0 Å². The molecule has 1 N–H and O–H groups in total. The molecule has 0 atom stereocenters.